The molecule has 0 atom stereocenters. The first kappa shape index (κ1) is 14.8. The number of aromatic nitrogens is 4. The van der Waals surface area contributed by atoms with Gasteiger partial charge >= 0.3 is 11.7 Å². The summed E-state index contributed by atoms with van der Waals surface area (Å²) in [5, 5.41) is 8.97. The van der Waals surface area contributed by atoms with Crippen molar-refractivity contribution in [2.45, 2.75) is 33.7 Å². The first-order valence-electron chi connectivity index (χ1n) is 6.45. The molecular formula is C14H16N4O3. The lowest BCUT2D eigenvalue weighted by Crippen LogP contribution is -2.29. The zero-order valence-electron chi connectivity index (χ0n) is 12.1. The van der Waals surface area contributed by atoms with Crippen LogP contribution in [0, 0.1) is 20.8 Å². The van der Waals surface area contributed by atoms with Gasteiger partial charge in [-0.15, -0.1) is 0 Å². The van der Waals surface area contributed by atoms with Gasteiger partial charge in [-0.3, -0.25) is 9.36 Å². The van der Waals surface area contributed by atoms with Crippen molar-refractivity contribution in [1.82, 2.24) is 19.5 Å². The molecule has 2 aromatic rings. The Morgan fingerprint density at radius 3 is 2.62 bits per heavy atom. The molecule has 0 saturated heterocycles. The molecule has 0 aliphatic rings. The maximum absolute atomic E-state index is 12.0. The Morgan fingerprint density at radius 2 is 2.00 bits per heavy atom. The summed E-state index contributed by atoms with van der Waals surface area (Å²) in [6.07, 6.45) is 1.46. The largest absolute Gasteiger partial charge is 0.481 e. The lowest BCUT2D eigenvalue weighted by Gasteiger charge is -2.14. The second-order valence-corrected chi connectivity index (χ2v) is 4.80. The third-order valence-electron chi connectivity index (χ3n) is 3.25. The third-order valence-corrected chi connectivity index (χ3v) is 3.25. The lowest BCUT2D eigenvalue weighted by atomic mass is 10.1. The van der Waals surface area contributed by atoms with Crippen LogP contribution in [0.5, 0.6) is 0 Å². The molecule has 0 spiro atoms. The van der Waals surface area contributed by atoms with E-state index in [4.69, 9.17) is 5.11 Å². The molecule has 0 fully saturated rings. The third kappa shape index (κ3) is 3.31. The van der Waals surface area contributed by atoms with Gasteiger partial charge in [-0.05, 0) is 26.8 Å². The zero-order valence-corrected chi connectivity index (χ0v) is 12.1. The molecule has 21 heavy (non-hydrogen) atoms. The van der Waals surface area contributed by atoms with Crippen LogP contribution in [0.4, 0.5) is 0 Å². The normalized spacial score (nSPS) is 10.6. The van der Waals surface area contributed by atoms with Crippen molar-refractivity contribution >= 4 is 5.97 Å². The Morgan fingerprint density at radius 1 is 1.29 bits per heavy atom. The van der Waals surface area contributed by atoms with Gasteiger partial charge in [0.15, 0.2) is 0 Å². The maximum Gasteiger partial charge on any atom is 0.348 e. The van der Waals surface area contributed by atoms with Gasteiger partial charge in [0.05, 0.1) is 18.7 Å². The number of aliphatic carboxylic acids is 1. The minimum atomic E-state index is -0.953. The van der Waals surface area contributed by atoms with Gasteiger partial charge < -0.3 is 5.11 Å². The highest BCUT2D eigenvalue weighted by Gasteiger charge is 2.14. The molecule has 7 heteroatoms. The number of carboxylic acids is 1. The van der Waals surface area contributed by atoms with Crippen LogP contribution >= 0.6 is 0 Å². The number of nitrogens with zero attached hydrogens (tertiary/aromatic N) is 4. The second-order valence-electron chi connectivity index (χ2n) is 4.80. The highest BCUT2D eigenvalue weighted by atomic mass is 16.4. The number of rotatable bonds is 4. The van der Waals surface area contributed by atoms with Crippen molar-refractivity contribution in [2.75, 3.05) is 0 Å². The van der Waals surface area contributed by atoms with E-state index in [1.165, 1.54) is 4.57 Å². The van der Waals surface area contributed by atoms with Gasteiger partial charge in [0, 0.05) is 23.1 Å². The standard InChI is InChI=1S/C14H16N4O3/c1-8-12(6-13(19)20)9(2)18(14(21)16-8)7-11-4-5-15-10(3)17-11/h4-5H,6-7H2,1-3H3,(H,19,20). The van der Waals surface area contributed by atoms with Crippen molar-refractivity contribution in [3.05, 3.63) is 51.2 Å². The van der Waals surface area contributed by atoms with Gasteiger partial charge in [0.2, 0.25) is 0 Å². The van der Waals surface area contributed by atoms with Crippen LogP contribution in [0.15, 0.2) is 17.1 Å². The summed E-state index contributed by atoms with van der Waals surface area (Å²) in [6.45, 7) is 5.38. The van der Waals surface area contributed by atoms with Crippen molar-refractivity contribution in [2.24, 2.45) is 0 Å². The van der Waals surface area contributed by atoms with Gasteiger partial charge in [0.1, 0.15) is 5.82 Å². The number of carboxylic acid groups (broad SMARTS) is 1. The molecule has 0 aliphatic carbocycles. The quantitative estimate of drug-likeness (QED) is 0.886. The van der Waals surface area contributed by atoms with E-state index < -0.39 is 11.7 Å². The minimum Gasteiger partial charge on any atom is -0.481 e. The van der Waals surface area contributed by atoms with Gasteiger partial charge in [-0.25, -0.2) is 14.8 Å². The Bertz CT molecular complexity index is 752. The minimum absolute atomic E-state index is 0.159. The molecule has 0 aliphatic heterocycles. The predicted molar refractivity (Wildman–Crippen MR) is 75.2 cm³/mol. The van der Waals surface area contributed by atoms with Crippen LogP contribution in [0.2, 0.25) is 0 Å². The number of hydrogen-bond donors (Lipinski definition) is 1. The Hall–Kier alpha value is -2.57. The summed E-state index contributed by atoms with van der Waals surface area (Å²) in [4.78, 5) is 35.1. The number of aryl methyl sites for hydroxylation is 2. The molecule has 110 valence electrons. The summed E-state index contributed by atoms with van der Waals surface area (Å²) >= 11 is 0. The second kappa shape index (κ2) is 5.82. The van der Waals surface area contributed by atoms with Gasteiger partial charge in [0.25, 0.3) is 0 Å². The van der Waals surface area contributed by atoms with E-state index in [-0.39, 0.29) is 13.0 Å². The average molecular weight is 288 g/mol. The molecule has 2 aromatic heterocycles. The fraction of sp³-hybridized carbons (Fsp3) is 0.357. The van der Waals surface area contributed by atoms with Crippen LogP contribution in [0.25, 0.3) is 0 Å². The summed E-state index contributed by atoms with van der Waals surface area (Å²) in [5.74, 6) is -0.338. The lowest BCUT2D eigenvalue weighted by molar-refractivity contribution is -0.136. The fourth-order valence-corrected chi connectivity index (χ4v) is 2.19. The Labute approximate surface area is 121 Å². The van der Waals surface area contributed by atoms with Crippen LogP contribution < -0.4 is 5.69 Å². The number of carbonyl (C=O) groups is 1. The SMILES string of the molecule is Cc1nccc(Cn2c(C)c(CC(=O)O)c(C)nc2=O)n1. The smallest absolute Gasteiger partial charge is 0.348 e. The molecule has 0 aromatic carbocycles. The summed E-state index contributed by atoms with van der Waals surface area (Å²) in [7, 11) is 0. The Balaban J connectivity index is 2.48. The van der Waals surface area contributed by atoms with Crippen molar-refractivity contribution in [3.63, 3.8) is 0 Å². The van der Waals surface area contributed by atoms with E-state index in [0.29, 0.717) is 28.5 Å². The molecule has 2 heterocycles. The van der Waals surface area contributed by atoms with Crippen molar-refractivity contribution in [3.8, 4) is 0 Å². The van der Waals surface area contributed by atoms with E-state index in [1.54, 1.807) is 33.0 Å². The zero-order chi connectivity index (χ0) is 15.6. The molecule has 0 amide bonds. The highest BCUT2D eigenvalue weighted by molar-refractivity contribution is 5.70. The summed E-state index contributed by atoms with van der Waals surface area (Å²) in [5.41, 5.74) is 1.89. The molecule has 0 saturated carbocycles. The van der Waals surface area contributed by atoms with Crippen LogP contribution in [-0.2, 0) is 17.8 Å². The Kier molecular flexibility index (Phi) is 4.11. The number of hydrogen-bond acceptors (Lipinski definition) is 5. The van der Waals surface area contributed by atoms with E-state index in [9.17, 15) is 9.59 Å². The topological polar surface area (TPSA) is 98.0 Å². The monoisotopic (exact) mass is 288 g/mol. The first-order valence-corrected chi connectivity index (χ1v) is 6.45. The van der Waals surface area contributed by atoms with Gasteiger partial charge in [-0.2, -0.15) is 4.98 Å². The first-order chi connectivity index (χ1) is 9.88. The molecule has 0 unspecified atom stereocenters. The molecule has 1 N–H and O–H groups in total. The van der Waals surface area contributed by atoms with E-state index in [0.717, 1.165) is 0 Å². The molecule has 2 rings (SSSR count). The van der Waals surface area contributed by atoms with Crippen molar-refractivity contribution < 1.29 is 9.90 Å². The summed E-state index contributed by atoms with van der Waals surface area (Å²) < 4.78 is 1.44. The van der Waals surface area contributed by atoms with Crippen molar-refractivity contribution in [1.29, 1.82) is 0 Å². The molecule has 0 radical (unpaired) electrons. The average Bonchev–Trinajstić information content (AvgIpc) is 2.39. The summed E-state index contributed by atoms with van der Waals surface area (Å²) in [6, 6.07) is 1.72. The fourth-order valence-electron chi connectivity index (χ4n) is 2.19. The van der Waals surface area contributed by atoms with E-state index in [1.807, 2.05) is 0 Å². The van der Waals surface area contributed by atoms with Crippen LogP contribution in [-0.4, -0.2) is 30.6 Å². The highest BCUT2D eigenvalue weighted by Crippen LogP contribution is 2.11. The van der Waals surface area contributed by atoms with Gasteiger partial charge in [-0.1, -0.05) is 0 Å². The van der Waals surface area contributed by atoms with Crippen LogP contribution in [0.1, 0.15) is 28.5 Å². The molecular weight excluding hydrogens is 272 g/mol. The maximum atomic E-state index is 12.0. The van der Waals surface area contributed by atoms with E-state index >= 15 is 0 Å². The predicted octanol–water partition coefficient (Wildman–Crippen LogP) is 0.634. The molecule has 0 bridgehead atoms. The van der Waals surface area contributed by atoms with Crippen LogP contribution in [0.3, 0.4) is 0 Å². The molecule has 7 nitrogen and oxygen atoms in total. The van der Waals surface area contributed by atoms with E-state index in [2.05, 4.69) is 15.0 Å².